The van der Waals surface area contributed by atoms with E-state index in [1.54, 1.807) is 0 Å². The Balaban J connectivity index is 4.61. The van der Waals surface area contributed by atoms with Gasteiger partial charge in [-0.2, -0.15) is 0 Å². The van der Waals surface area contributed by atoms with Gasteiger partial charge in [0, 0.05) is 7.11 Å². The molecule has 7 N–H and O–H groups in total. The van der Waals surface area contributed by atoms with Crippen LogP contribution in [0, 0.1) is 0 Å². The van der Waals surface area contributed by atoms with Gasteiger partial charge in [-0.15, -0.1) is 0 Å². The third-order valence-corrected chi connectivity index (χ3v) is 15.9. The average molecular weight is 461 g/mol. The van der Waals surface area contributed by atoms with Crippen molar-refractivity contribution in [2.24, 2.45) is 0 Å². The van der Waals surface area contributed by atoms with Gasteiger partial charge in [0.25, 0.3) is 10.0 Å². The van der Waals surface area contributed by atoms with E-state index in [1.807, 2.05) is 0 Å². The molecule has 0 aliphatic carbocycles. The lowest BCUT2D eigenvalue weighted by molar-refractivity contribution is 0.0401. The number of hydrogen-bond acceptors (Lipinski definition) is 13. The van der Waals surface area contributed by atoms with Crippen molar-refractivity contribution in [1.82, 2.24) is 0 Å². The number of hydrogen-bond donors (Lipinski definition) is 7. The molecule has 0 amide bonds. The van der Waals surface area contributed by atoms with E-state index in [0.29, 0.717) is 0 Å². The molecule has 0 fully saturated rings. The number of rotatable bonds is 11. The molecule has 0 bridgehead atoms. The summed E-state index contributed by atoms with van der Waals surface area (Å²) in [6, 6.07) is 0. The monoisotopic (exact) mass is 460 g/mol. The maximum Gasteiger partial charge on any atom is 0.665 e. The molecule has 0 saturated heterocycles. The Morgan fingerprint density at radius 2 is 1.21 bits per heavy atom. The molecule has 0 aliphatic heterocycles. The highest BCUT2D eigenvalue weighted by molar-refractivity contribution is 6.79. The highest BCUT2D eigenvalue weighted by Crippen LogP contribution is 2.16. The molecular weight excluding hydrogens is 437 g/mol. The standard InChI is InChI=1S/C5H24O13Si6/c1-13-24(12,16-20(2,3)6)15-19-14-21(4,5)17-23(10,11)18-22(7,8)9/h6-12H,19H2,1-5H3. The first-order chi connectivity index (χ1) is 10.4. The van der Waals surface area contributed by atoms with E-state index in [9.17, 15) is 19.2 Å². The van der Waals surface area contributed by atoms with Crippen molar-refractivity contribution in [3.8, 4) is 0 Å². The highest BCUT2D eigenvalue weighted by Gasteiger charge is 2.53. The molecule has 0 aliphatic rings. The van der Waals surface area contributed by atoms with Crippen molar-refractivity contribution in [3.63, 3.8) is 0 Å². The van der Waals surface area contributed by atoms with Crippen LogP contribution in [0.15, 0.2) is 0 Å². The van der Waals surface area contributed by atoms with Gasteiger partial charge >= 0.3 is 44.3 Å². The fourth-order valence-corrected chi connectivity index (χ4v) is 13.1. The molecule has 0 heterocycles. The summed E-state index contributed by atoms with van der Waals surface area (Å²) in [5.74, 6) is 0. The van der Waals surface area contributed by atoms with Crippen molar-refractivity contribution in [2.45, 2.75) is 26.2 Å². The van der Waals surface area contributed by atoms with Crippen LogP contribution in [-0.2, 0) is 25.0 Å². The molecule has 24 heavy (non-hydrogen) atoms. The topological polar surface area (TPSA) is 197 Å². The summed E-state index contributed by atoms with van der Waals surface area (Å²) in [5.41, 5.74) is 0. The Hall–Kier alpha value is 0.781. The highest BCUT2D eigenvalue weighted by atomic mass is 28.5. The molecule has 0 aromatic rings. The maximum absolute atomic E-state index is 10.0. The van der Waals surface area contributed by atoms with E-state index in [4.69, 9.17) is 35.3 Å². The third-order valence-electron chi connectivity index (χ3n) is 1.93. The van der Waals surface area contributed by atoms with Crippen molar-refractivity contribution in [1.29, 1.82) is 0 Å². The Labute approximate surface area is 146 Å². The normalized spacial score (nSPS) is 17.5. The summed E-state index contributed by atoms with van der Waals surface area (Å²) in [6.07, 6.45) is 0. The van der Waals surface area contributed by atoms with Crippen LogP contribution in [0.3, 0.4) is 0 Å². The SMILES string of the molecule is CO[Si](O)(O[SiH2]O[Si](C)(C)O[Si](O)(O)O[Si](O)(O)O)O[Si](C)(C)O. The molecule has 1 unspecified atom stereocenters. The minimum Gasteiger partial charge on any atom is -0.420 e. The van der Waals surface area contributed by atoms with E-state index in [2.05, 4.69) is 4.12 Å². The third kappa shape index (κ3) is 12.2. The molecule has 0 aromatic heterocycles. The molecular formula is C5H24O13Si6. The van der Waals surface area contributed by atoms with Crippen LogP contribution in [0.4, 0.5) is 0 Å². The molecule has 19 heteroatoms. The Morgan fingerprint density at radius 3 is 1.58 bits per heavy atom. The van der Waals surface area contributed by atoms with Gasteiger partial charge in [-0.25, -0.2) is 0 Å². The lowest BCUT2D eigenvalue weighted by Gasteiger charge is -2.31. The van der Waals surface area contributed by atoms with E-state index in [-0.39, 0.29) is 0 Å². The van der Waals surface area contributed by atoms with Crippen LogP contribution in [0.2, 0.25) is 26.2 Å². The molecule has 1 atom stereocenters. The second kappa shape index (κ2) is 8.65. The van der Waals surface area contributed by atoms with Crippen LogP contribution in [-0.4, -0.2) is 95.0 Å². The van der Waals surface area contributed by atoms with Crippen LogP contribution >= 0.6 is 0 Å². The van der Waals surface area contributed by atoms with Gasteiger partial charge in [0.05, 0.1) is 0 Å². The van der Waals surface area contributed by atoms with Gasteiger partial charge in [-0.3, -0.25) is 0 Å². The van der Waals surface area contributed by atoms with Gasteiger partial charge in [0.2, 0.25) is 0 Å². The van der Waals surface area contributed by atoms with Crippen molar-refractivity contribution in [2.75, 3.05) is 7.11 Å². The van der Waals surface area contributed by atoms with Gasteiger partial charge in [-0.1, -0.05) is 0 Å². The maximum atomic E-state index is 10.0. The molecule has 0 rings (SSSR count). The Bertz CT molecular complexity index is 393. The largest absolute Gasteiger partial charge is 0.665 e. The summed E-state index contributed by atoms with van der Waals surface area (Å²) >= 11 is 0. The molecule has 0 spiro atoms. The van der Waals surface area contributed by atoms with E-state index >= 15 is 0 Å². The van der Waals surface area contributed by atoms with E-state index < -0.39 is 54.3 Å². The van der Waals surface area contributed by atoms with Crippen LogP contribution in [0.5, 0.6) is 0 Å². The van der Waals surface area contributed by atoms with Crippen LogP contribution < -0.4 is 0 Å². The Morgan fingerprint density at radius 1 is 0.708 bits per heavy atom. The van der Waals surface area contributed by atoms with Crippen molar-refractivity contribution >= 4 is 54.3 Å². The predicted octanol–water partition coefficient (Wildman–Crippen LogP) is -4.63. The molecule has 0 aromatic carbocycles. The lowest BCUT2D eigenvalue weighted by Crippen LogP contribution is -2.60. The zero-order chi connectivity index (χ0) is 19.4. The summed E-state index contributed by atoms with van der Waals surface area (Å²) in [4.78, 5) is 64.7. The van der Waals surface area contributed by atoms with Gasteiger partial charge in [0.15, 0.2) is 0 Å². The second-order valence-corrected chi connectivity index (χ2v) is 19.8. The average Bonchev–Trinajstić information content (AvgIpc) is 2.20. The van der Waals surface area contributed by atoms with Gasteiger partial charge in [0.1, 0.15) is 0 Å². The zero-order valence-corrected chi connectivity index (χ0v) is 20.2. The summed E-state index contributed by atoms with van der Waals surface area (Å²) in [7, 11) is -21.7. The van der Waals surface area contributed by atoms with Crippen LogP contribution in [0.25, 0.3) is 0 Å². The fourth-order valence-electron chi connectivity index (χ4n) is 1.24. The first-order valence-electron chi connectivity index (χ1n) is 6.39. The molecule has 13 nitrogen and oxygen atoms in total. The molecule has 0 saturated carbocycles. The molecule has 0 radical (unpaired) electrons. The van der Waals surface area contributed by atoms with E-state index in [1.165, 1.54) is 26.2 Å². The minimum atomic E-state index is -5.20. The first kappa shape index (κ1) is 24.8. The minimum absolute atomic E-state index is 1.13. The van der Waals surface area contributed by atoms with Crippen LogP contribution in [0.1, 0.15) is 0 Å². The summed E-state index contributed by atoms with van der Waals surface area (Å²) in [6.45, 7) is 5.49. The summed E-state index contributed by atoms with van der Waals surface area (Å²) < 4.78 is 28.9. The summed E-state index contributed by atoms with van der Waals surface area (Å²) in [5, 5.41) is 0. The second-order valence-electron chi connectivity index (χ2n) is 5.41. The van der Waals surface area contributed by atoms with Crippen molar-refractivity contribution in [3.05, 3.63) is 0 Å². The van der Waals surface area contributed by atoms with E-state index in [0.717, 1.165) is 7.11 Å². The van der Waals surface area contributed by atoms with Crippen molar-refractivity contribution < 1.29 is 58.6 Å². The van der Waals surface area contributed by atoms with Gasteiger partial charge in [-0.05, 0) is 26.2 Å². The molecule has 146 valence electrons. The Kier molecular flexibility index (Phi) is 8.93. The predicted molar refractivity (Wildman–Crippen MR) is 88.7 cm³/mol. The quantitative estimate of drug-likeness (QED) is 0.145. The smallest absolute Gasteiger partial charge is 0.420 e. The zero-order valence-electron chi connectivity index (χ0n) is 13.8. The lowest BCUT2D eigenvalue weighted by atomic mass is 11.8. The fraction of sp³-hybridized carbons (Fsp3) is 1.00. The van der Waals surface area contributed by atoms with Gasteiger partial charge < -0.3 is 58.6 Å². The first-order valence-corrected chi connectivity index (χ1v) is 18.3.